The van der Waals surface area contributed by atoms with E-state index in [1.165, 1.54) is 18.1 Å². The molecule has 0 bridgehead atoms. The van der Waals surface area contributed by atoms with Gasteiger partial charge in [-0.05, 0) is 63.8 Å². The third-order valence-corrected chi connectivity index (χ3v) is 7.51. The quantitative estimate of drug-likeness (QED) is 0.230. The first-order chi connectivity index (χ1) is 17.2. The summed E-state index contributed by atoms with van der Waals surface area (Å²) in [7, 11) is 0. The third-order valence-electron chi connectivity index (χ3n) is 5.52. The minimum Gasteiger partial charge on any atom is -0.456 e. The zero-order valence-corrected chi connectivity index (χ0v) is 22.8. The molecule has 4 rings (SSSR count). The average molecular weight is 570 g/mol. The molecule has 0 amide bonds. The van der Waals surface area contributed by atoms with E-state index < -0.39 is 23.4 Å². The molecule has 0 saturated carbocycles. The number of fused-ring (bicyclic) bond motifs is 1. The molecule has 37 heavy (non-hydrogen) atoms. The monoisotopic (exact) mass is 569 g/mol. The molecule has 1 atom stereocenters. The number of hydrogen-bond acceptors (Lipinski definition) is 5. The maximum absolute atomic E-state index is 13.6. The summed E-state index contributed by atoms with van der Waals surface area (Å²) in [6, 6.07) is 2.81. The van der Waals surface area contributed by atoms with Crippen LogP contribution in [-0.4, -0.2) is 30.8 Å². The van der Waals surface area contributed by atoms with Crippen molar-refractivity contribution in [3.63, 3.8) is 0 Å². The molecule has 0 fully saturated rings. The van der Waals surface area contributed by atoms with Crippen LogP contribution in [0.4, 0.5) is 13.2 Å². The van der Waals surface area contributed by atoms with Crippen LogP contribution >= 0.6 is 35.1 Å². The first kappa shape index (κ1) is 27.5. The molecule has 3 aromatic heterocycles. The first-order valence-corrected chi connectivity index (χ1v) is 13.0. The number of aryl methyl sites for hydroxylation is 1. The second-order valence-corrected chi connectivity index (χ2v) is 11.5. The number of alkyl halides is 3. The fourth-order valence-electron chi connectivity index (χ4n) is 3.83. The number of esters is 1. The lowest BCUT2D eigenvalue weighted by molar-refractivity contribution is -0.141. The first-order valence-electron chi connectivity index (χ1n) is 11.4. The molecule has 3 aromatic rings. The lowest BCUT2D eigenvalue weighted by Crippen LogP contribution is -2.24. The summed E-state index contributed by atoms with van der Waals surface area (Å²) in [6.07, 6.45) is 5.26. The zero-order chi connectivity index (χ0) is 27.1. The van der Waals surface area contributed by atoms with Gasteiger partial charge in [-0.2, -0.15) is 13.2 Å². The fraction of sp³-hybridized carbons (Fsp3) is 0.346. The van der Waals surface area contributed by atoms with Crippen LogP contribution in [0.1, 0.15) is 60.1 Å². The van der Waals surface area contributed by atoms with Crippen molar-refractivity contribution in [2.24, 2.45) is 0 Å². The predicted molar refractivity (Wildman–Crippen MR) is 141 cm³/mol. The highest BCUT2D eigenvalue weighted by Crippen LogP contribution is 2.37. The second-order valence-electron chi connectivity index (χ2n) is 9.62. The molecule has 196 valence electrons. The van der Waals surface area contributed by atoms with Crippen LogP contribution in [0.15, 0.2) is 42.6 Å². The average Bonchev–Trinajstić information content (AvgIpc) is 3.13. The maximum Gasteiger partial charge on any atom is 0.433 e. The molecule has 5 nitrogen and oxygen atoms in total. The molecule has 0 saturated heterocycles. The second kappa shape index (κ2) is 10.3. The Kier molecular flexibility index (Phi) is 7.70. The Morgan fingerprint density at radius 1 is 1.22 bits per heavy atom. The Balaban J connectivity index is 1.83. The van der Waals surface area contributed by atoms with Crippen molar-refractivity contribution in [2.45, 2.75) is 57.6 Å². The van der Waals surface area contributed by atoms with Crippen molar-refractivity contribution >= 4 is 52.2 Å². The van der Waals surface area contributed by atoms with Crippen molar-refractivity contribution in [3.8, 4) is 0 Å². The van der Waals surface area contributed by atoms with Gasteiger partial charge < -0.3 is 4.74 Å². The van der Waals surface area contributed by atoms with E-state index in [1.54, 1.807) is 37.7 Å². The number of halogens is 5. The van der Waals surface area contributed by atoms with Crippen LogP contribution in [0, 0.1) is 6.92 Å². The smallest absolute Gasteiger partial charge is 0.433 e. The molecule has 0 N–H and O–H groups in total. The number of ether oxygens (including phenoxy) is 1. The van der Waals surface area contributed by atoms with Gasteiger partial charge in [0, 0.05) is 34.5 Å². The number of nitrogens with zero attached hydrogens (tertiary/aromatic N) is 3. The minimum absolute atomic E-state index is 0.0202. The van der Waals surface area contributed by atoms with Crippen LogP contribution in [0.3, 0.4) is 0 Å². The van der Waals surface area contributed by atoms with Crippen LogP contribution in [0.2, 0.25) is 10.2 Å². The number of rotatable bonds is 5. The summed E-state index contributed by atoms with van der Waals surface area (Å²) in [6.45, 7) is 6.82. The molecule has 0 spiro atoms. The number of aromatic nitrogens is 3. The minimum atomic E-state index is -4.59. The molecule has 1 aliphatic carbocycles. The lowest BCUT2D eigenvalue weighted by Gasteiger charge is -2.20. The topological polar surface area (TPSA) is 57.0 Å². The number of allylic oxidation sites excluding steroid dienone is 3. The summed E-state index contributed by atoms with van der Waals surface area (Å²) < 4.78 is 47.9. The van der Waals surface area contributed by atoms with E-state index >= 15 is 0 Å². The van der Waals surface area contributed by atoms with Crippen LogP contribution in [0.25, 0.3) is 11.0 Å². The summed E-state index contributed by atoms with van der Waals surface area (Å²) >= 11 is 14.4. The summed E-state index contributed by atoms with van der Waals surface area (Å²) in [4.78, 5) is 20.8. The number of pyridine rings is 2. The molecule has 0 radical (unpaired) electrons. The van der Waals surface area contributed by atoms with E-state index in [2.05, 4.69) is 9.97 Å². The van der Waals surface area contributed by atoms with E-state index in [0.29, 0.717) is 28.6 Å². The van der Waals surface area contributed by atoms with Crippen LogP contribution in [-0.2, 0) is 17.3 Å². The summed E-state index contributed by atoms with van der Waals surface area (Å²) in [5.74, 6) is -0.649. The number of carbonyl (C=O) groups excluding carboxylic acids is 1. The van der Waals surface area contributed by atoms with Crippen molar-refractivity contribution in [1.82, 2.24) is 13.9 Å². The van der Waals surface area contributed by atoms with Crippen molar-refractivity contribution < 1.29 is 22.7 Å². The van der Waals surface area contributed by atoms with Gasteiger partial charge in [0.25, 0.3) is 0 Å². The van der Waals surface area contributed by atoms with Gasteiger partial charge in [-0.25, -0.2) is 14.8 Å². The molecule has 0 aromatic carbocycles. The van der Waals surface area contributed by atoms with E-state index in [4.69, 9.17) is 27.9 Å². The Labute approximate surface area is 226 Å². The van der Waals surface area contributed by atoms with Gasteiger partial charge in [0.1, 0.15) is 16.4 Å². The van der Waals surface area contributed by atoms with Crippen molar-refractivity contribution in [3.05, 3.63) is 80.9 Å². The molecular formula is C26H24Cl2F3N3O2S. The Bertz CT molecular complexity index is 1430. The van der Waals surface area contributed by atoms with Gasteiger partial charge >= 0.3 is 12.1 Å². The van der Waals surface area contributed by atoms with Gasteiger partial charge in [0.2, 0.25) is 0 Å². The highest BCUT2D eigenvalue weighted by Gasteiger charge is 2.34. The molecule has 0 aliphatic heterocycles. The highest BCUT2D eigenvalue weighted by atomic mass is 35.5. The SMILES string of the molecule is Cc1cc(C(F)(F)F)nc2c1cc(Cc1c(Cl)ncc(C(=O)OC(C)(C)C)c1Cl)n2SC1C=CC=CC1. The third kappa shape index (κ3) is 6.16. The molecule has 11 heteroatoms. The van der Waals surface area contributed by atoms with Gasteiger partial charge in [0.15, 0.2) is 5.65 Å². The Hall–Kier alpha value is -2.49. The van der Waals surface area contributed by atoms with Gasteiger partial charge in [-0.3, -0.25) is 3.97 Å². The summed E-state index contributed by atoms with van der Waals surface area (Å²) in [5, 5.41) is 0.722. The van der Waals surface area contributed by atoms with Crippen molar-refractivity contribution in [2.75, 3.05) is 0 Å². The van der Waals surface area contributed by atoms with Crippen LogP contribution < -0.4 is 0 Å². The normalized spacial score (nSPS) is 16.0. The molecular weight excluding hydrogens is 546 g/mol. The highest BCUT2D eigenvalue weighted by molar-refractivity contribution is 7.98. The fourth-order valence-corrected chi connectivity index (χ4v) is 5.49. The zero-order valence-electron chi connectivity index (χ0n) is 20.5. The van der Waals surface area contributed by atoms with Gasteiger partial charge in [-0.1, -0.05) is 47.5 Å². The summed E-state index contributed by atoms with van der Waals surface area (Å²) in [5.41, 5.74) is -0.0411. The number of carbonyl (C=O) groups is 1. The lowest BCUT2D eigenvalue weighted by atomic mass is 10.1. The van der Waals surface area contributed by atoms with E-state index in [9.17, 15) is 18.0 Å². The molecule has 3 heterocycles. The molecule has 1 aliphatic rings. The van der Waals surface area contributed by atoms with E-state index in [-0.39, 0.29) is 33.1 Å². The van der Waals surface area contributed by atoms with E-state index in [0.717, 1.165) is 6.07 Å². The number of hydrogen-bond donors (Lipinski definition) is 0. The van der Waals surface area contributed by atoms with Crippen LogP contribution in [0.5, 0.6) is 0 Å². The molecule has 1 unspecified atom stereocenters. The largest absolute Gasteiger partial charge is 0.456 e. The van der Waals surface area contributed by atoms with E-state index in [1.807, 2.05) is 24.3 Å². The Morgan fingerprint density at radius 2 is 1.95 bits per heavy atom. The van der Waals surface area contributed by atoms with Gasteiger partial charge in [0.05, 0.1) is 10.6 Å². The standard InChI is InChI=1S/C26H24Cl2F3N3O2S/c1-14-10-20(26(29,30)31)33-23-17(14)11-15(34(23)37-16-8-6-5-7-9-16)12-18-21(27)19(13-32-22(18)28)24(35)36-25(2,3)4/h5-8,10-11,13,16H,9,12H2,1-4H3. The Morgan fingerprint density at radius 3 is 2.57 bits per heavy atom. The maximum atomic E-state index is 13.6. The van der Waals surface area contributed by atoms with Gasteiger partial charge in [-0.15, -0.1) is 0 Å². The predicted octanol–water partition coefficient (Wildman–Crippen LogP) is 7.99. The van der Waals surface area contributed by atoms with Crippen molar-refractivity contribution in [1.29, 1.82) is 0 Å².